The molecule has 0 unspecified atom stereocenters. The maximum atomic E-state index is 11.0. The zero-order valence-electron chi connectivity index (χ0n) is 19.3. The first kappa shape index (κ1) is 27.5. The second-order valence-electron chi connectivity index (χ2n) is 8.12. The Morgan fingerprint density at radius 3 is 2.34 bits per heavy atom. The summed E-state index contributed by atoms with van der Waals surface area (Å²) in [5.74, 6) is 0.430. The van der Waals surface area contributed by atoms with Gasteiger partial charge in [-0.3, -0.25) is 0 Å². The summed E-state index contributed by atoms with van der Waals surface area (Å²) in [6.45, 7) is -2.14. The van der Waals surface area contributed by atoms with Gasteiger partial charge in [-0.1, -0.05) is 12.2 Å². The van der Waals surface area contributed by atoms with Crippen LogP contribution >= 0.6 is 0 Å². The molecular formula is C22H32O13. The van der Waals surface area contributed by atoms with Crippen LogP contribution in [0.25, 0.3) is 6.08 Å². The van der Waals surface area contributed by atoms with Crippen molar-refractivity contribution in [3.05, 3.63) is 23.8 Å². The fraction of sp³-hybridized carbons (Fsp3) is 0.636. The largest absolute Gasteiger partial charge is 0.493 e. The van der Waals surface area contributed by atoms with Gasteiger partial charge in [0.15, 0.2) is 17.8 Å². The van der Waals surface area contributed by atoms with Gasteiger partial charge in [-0.15, -0.1) is 0 Å². The highest BCUT2D eigenvalue weighted by Crippen LogP contribution is 2.42. The lowest BCUT2D eigenvalue weighted by Gasteiger charge is -2.42. The van der Waals surface area contributed by atoms with Crippen molar-refractivity contribution in [3.8, 4) is 17.2 Å². The molecule has 2 aliphatic heterocycles. The third kappa shape index (κ3) is 5.54. The van der Waals surface area contributed by atoms with Gasteiger partial charge in [0.05, 0.1) is 40.6 Å². The van der Waals surface area contributed by atoms with Crippen molar-refractivity contribution in [1.29, 1.82) is 0 Å². The minimum atomic E-state index is -1.98. The van der Waals surface area contributed by atoms with E-state index in [9.17, 15) is 30.6 Å². The molecule has 1 aromatic rings. The molecule has 7 N–H and O–H groups in total. The number of ether oxygens (including phenoxy) is 6. The van der Waals surface area contributed by atoms with E-state index in [2.05, 4.69) is 0 Å². The number of benzene rings is 1. The van der Waals surface area contributed by atoms with Crippen molar-refractivity contribution in [2.45, 2.75) is 48.7 Å². The van der Waals surface area contributed by atoms with Gasteiger partial charge in [-0.25, -0.2) is 0 Å². The van der Waals surface area contributed by atoms with Crippen LogP contribution in [-0.2, 0) is 14.2 Å². The summed E-state index contributed by atoms with van der Waals surface area (Å²) in [5, 5.41) is 70.1. The Kier molecular flexibility index (Phi) is 9.28. The van der Waals surface area contributed by atoms with Crippen LogP contribution in [0.2, 0.25) is 0 Å². The molecule has 3 rings (SSSR count). The first-order valence-corrected chi connectivity index (χ1v) is 10.8. The topological polar surface area (TPSA) is 197 Å². The summed E-state index contributed by atoms with van der Waals surface area (Å²) in [4.78, 5) is 0. The standard InChI is InChI=1S/C22H32O13/c1-30-12-6-5-11(4-3-7-23)16(31-2)17(12)34-20-15(27)18(14(26)13(8-24)33-20)35-21-19(28)22(29,9-25)10-32-21/h3-6,13-15,18-21,23-29H,7-10H2,1-2H3/t13-,14-,15-,18+,19-,20+,21-,22+/m1/s1. The summed E-state index contributed by atoms with van der Waals surface area (Å²) < 4.78 is 33.0. The third-order valence-corrected chi connectivity index (χ3v) is 5.86. The lowest BCUT2D eigenvalue weighted by molar-refractivity contribution is -0.313. The lowest BCUT2D eigenvalue weighted by atomic mass is 9.98. The SMILES string of the molecule is COc1ccc(C=CCO)c(OC)c1O[C@@H]1O[C@H](CO)[C@@H](O)[C@H](O[C@H]2OC[C@@](O)(CO)[C@@H]2O)[C@H]1O. The van der Waals surface area contributed by atoms with Crippen LogP contribution in [0.3, 0.4) is 0 Å². The van der Waals surface area contributed by atoms with Crippen molar-refractivity contribution in [3.63, 3.8) is 0 Å². The summed E-state index contributed by atoms with van der Waals surface area (Å²) in [5.41, 5.74) is -1.47. The molecule has 0 radical (unpaired) electrons. The summed E-state index contributed by atoms with van der Waals surface area (Å²) >= 11 is 0. The van der Waals surface area contributed by atoms with E-state index in [0.29, 0.717) is 5.56 Å². The van der Waals surface area contributed by atoms with Gasteiger partial charge in [0.25, 0.3) is 0 Å². The molecule has 0 spiro atoms. The highest BCUT2D eigenvalue weighted by molar-refractivity contribution is 5.66. The Morgan fingerprint density at radius 2 is 1.77 bits per heavy atom. The number of aliphatic hydroxyl groups excluding tert-OH is 6. The van der Waals surface area contributed by atoms with Crippen molar-refractivity contribution in [2.24, 2.45) is 0 Å². The van der Waals surface area contributed by atoms with Crippen LogP contribution in [0.4, 0.5) is 0 Å². The van der Waals surface area contributed by atoms with E-state index in [1.54, 1.807) is 18.2 Å². The van der Waals surface area contributed by atoms with Crippen LogP contribution in [0.1, 0.15) is 5.56 Å². The number of rotatable bonds is 10. The van der Waals surface area contributed by atoms with E-state index in [-0.39, 0.29) is 23.9 Å². The molecule has 2 heterocycles. The van der Waals surface area contributed by atoms with Crippen molar-refractivity contribution in [1.82, 2.24) is 0 Å². The molecule has 2 saturated heterocycles. The van der Waals surface area contributed by atoms with Crippen LogP contribution < -0.4 is 14.2 Å². The molecular weight excluding hydrogens is 472 g/mol. The Hall–Kier alpha value is -2.04. The van der Waals surface area contributed by atoms with E-state index in [0.717, 1.165) is 0 Å². The molecule has 35 heavy (non-hydrogen) atoms. The molecule has 0 amide bonds. The van der Waals surface area contributed by atoms with Crippen LogP contribution in [0.15, 0.2) is 18.2 Å². The fourth-order valence-electron chi connectivity index (χ4n) is 3.85. The number of hydrogen-bond donors (Lipinski definition) is 7. The Labute approximate surface area is 201 Å². The van der Waals surface area contributed by atoms with Crippen molar-refractivity contribution < 1.29 is 64.2 Å². The van der Waals surface area contributed by atoms with Gasteiger partial charge in [-0.2, -0.15) is 0 Å². The highest BCUT2D eigenvalue weighted by atomic mass is 16.7. The second-order valence-corrected chi connectivity index (χ2v) is 8.12. The molecule has 2 fully saturated rings. The van der Waals surface area contributed by atoms with Crippen LogP contribution in [-0.4, -0.2) is 125 Å². The lowest BCUT2D eigenvalue weighted by Crippen LogP contribution is -2.62. The van der Waals surface area contributed by atoms with Crippen LogP contribution in [0, 0.1) is 0 Å². The minimum Gasteiger partial charge on any atom is -0.493 e. The molecule has 1 aromatic carbocycles. The van der Waals surface area contributed by atoms with E-state index >= 15 is 0 Å². The van der Waals surface area contributed by atoms with Crippen molar-refractivity contribution >= 4 is 6.08 Å². The van der Waals surface area contributed by atoms with Gasteiger partial charge in [0.2, 0.25) is 12.0 Å². The minimum absolute atomic E-state index is 0.0257. The fourth-order valence-corrected chi connectivity index (χ4v) is 3.85. The Balaban J connectivity index is 1.89. The molecule has 2 aliphatic rings. The first-order valence-electron chi connectivity index (χ1n) is 10.8. The van der Waals surface area contributed by atoms with Gasteiger partial charge in [-0.05, 0) is 12.1 Å². The average molecular weight is 504 g/mol. The first-order chi connectivity index (χ1) is 16.7. The number of hydrogen-bond acceptors (Lipinski definition) is 13. The molecule has 0 aliphatic carbocycles. The van der Waals surface area contributed by atoms with Gasteiger partial charge >= 0.3 is 0 Å². The number of aliphatic hydroxyl groups is 7. The molecule has 13 nitrogen and oxygen atoms in total. The van der Waals surface area contributed by atoms with E-state index in [1.165, 1.54) is 20.3 Å². The normalized spacial score (nSPS) is 35.4. The molecule has 8 atom stereocenters. The summed E-state index contributed by atoms with van der Waals surface area (Å²) in [6.07, 6.45) is -7.67. The molecule has 0 bridgehead atoms. The molecule has 0 aromatic heterocycles. The zero-order chi connectivity index (χ0) is 25.8. The monoisotopic (exact) mass is 504 g/mol. The van der Waals surface area contributed by atoms with Crippen molar-refractivity contribution in [2.75, 3.05) is 40.6 Å². The molecule has 13 heteroatoms. The zero-order valence-corrected chi connectivity index (χ0v) is 19.3. The number of methoxy groups -OCH3 is 2. The second kappa shape index (κ2) is 11.8. The van der Waals surface area contributed by atoms with E-state index in [4.69, 9.17) is 33.5 Å². The summed E-state index contributed by atoms with van der Waals surface area (Å²) in [6, 6.07) is 3.22. The predicted molar refractivity (Wildman–Crippen MR) is 117 cm³/mol. The predicted octanol–water partition coefficient (Wildman–Crippen LogP) is -2.65. The van der Waals surface area contributed by atoms with Crippen LogP contribution in [0.5, 0.6) is 17.2 Å². The highest BCUT2D eigenvalue weighted by Gasteiger charge is 2.53. The van der Waals surface area contributed by atoms with Gasteiger partial charge in [0.1, 0.15) is 36.1 Å². The van der Waals surface area contributed by atoms with Gasteiger partial charge in [0, 0.05) is 5.56 Å². The van der Waals surface area contributed by atoms with Gasteiger partial charge < -0.3 is 64.2 Å². The Morgan fingerprint density at radius 1 is 1.03 bits per heavy atom. The maximum Gasteiger partial charge on any atom is 0.229 e. The summed E-state index contributed by atoms with van der Waals surface area (Å²) in [7, 11) is 2.76. The van der Waals surface area contributed by atoms with E-state index in [1.807, 2.05) is 0 Å². The molecule has 0 saturated carbocycles. The maximum absolute atomic E-state index is 11.0. The average Bonchev–Trinajstić information content (AvgIpc) is 3.15. The molecule has 198 valence electrons. The third-order valence-electron chi connectivity index (χ3n) is 5.86. The van der Waals surface area contributed by atoms with E-state index < -0.39 is 68.5 Å². The Bertz CT molecular complexity index is 864. The smallest absolute Gasteiger partial charge is 0.229 e. The quantitative estimate of drug-likeness (QED) is 0.175.